The maximum atomic E-state index is 12.8. The van der Waals surface area contributed by atoms with Gasteiger partial charge < -0.3 is 19.5 Å². The molecule has 0 unspecified atom stereocenters. The van der Waals surface area contributed by atoms with E-state index < -0.39 is 12.1 Å². The molecule has 2 aliphatic heterocycles. The molecule has 2 aromatic rings. The molecule has 0 saturated carbocycles. The van der Waals surface area contributed by atoms with Crippen LogP contribution in [-0.4, -0.2) is 75.4 Å². The van der Waals surface area contributed by atoms with Gasteiger partial charge in [0.25, 0.3) is 5.91 Å². The topological polar surface area (TPSA) is 115 Å². The van der Waals surface area contributed by atoms with Crippen LogP contribution in [0.2, 0.25) is 0 Å². The summed E-state index contributed by atoms with van der Waals surface area (Å²) in [6.07, 6.45) is 1.67. The number of likely N-dealkylation sites (tertiary alicyclic amines) is 1. The van der Waals surface area contributed by atoms with Gasteiger partial charge in [0.2, 0.25) is 0 Å². The number of carbonyl (C=O) groups is 2. The average Bonchev–Trinajstić information content (AvgIpc) is 3.21. The first kappa shape index (κ1) is 24.4. The fraction of sp³-hybridized carbons (Fsp3) is 0.476. The van der Waals surface area contributed by atoms with E-state index in [0.717, 1.165) is 18.5 Å². The Labute approximate surface area is 187 Å². The number of fused-ring (bicyclic) bond motifs is 1. The van der Waals surface area contributed by atoms with Crippen LogP contribution in [0.5, 0.6) is 6.01 Å². The molecule has 0 aliphatic carbocycles. The molecule has 1 N–H and O–H groups in total. The highest BCUT2D eigenvalue weighted by Crippen LogP contribution is 2.41. The number of alkyl halides is 3. The maximum absolute atomic E-state index is 12.8. The molecule has 12 heteroatoms. The van der Waals surface area contributed by atoms with Crippen molar-refractivity contribution < 1.29 is 37.3 Å². The van der Waals surface area contributed by atoms with Gasteiger partial charge >= 0.3 is 18.2 Å². The second-order valence-corrected chi connectivity index (χ2v) is 7.80. The average molecular weight is 468 g/mol. The van der Waals surface area contributed by atoms with Gasteiger partial charge in [0.1, 0.15) is 6.61 Å². The van der Waals surface area contributed by atoms with Gasteiger partial charge in [0, 0.05) is 44.0 Å². The molecule has 1 amide bonds. The first-order chi connectivity index (χ1) is 15.6. The minimum atomic E-state index is -5.08. The van der Waals surface area contributed by atoms with E-state index in [-0.39, 0.29) is 17.4 Å². The number of aryl methyl sites for hydroxylation is 1. The van der Waals surface area contributed by atoms with Gasteiger partial charge in [0.05, 0.1) is 17.1 Å². The number of halogens is 3. The summed E-state index contributed by atoms with van der Waals surface area (Å²) < 4.78 is 43.6. The predicted octanol–water partition coefficient (Wildman–Crippen LogP) is 2.51. The number of carboxylic acids is 1. The number of hydrogen-bond acceptors (Lipinski definition) is 7. The Balaban J connectivity index is 0.000000383. The van der Waals surface area contributed by atoms with Crippen molar-refractivity contribution in [1.29, 1.82) is 0 Å². The fourth-order valence-corrected chi connectivity index (χ4v) is 3.80. The molecule has 2 fully saturated rings. The summed E-state index contributed by atoms with van der Waals surface area (Å²) >= 11 is 0. The Morgan fingerprint density at radius 1 is 1.33 bits per heavy atom. The number of rotatable bonds is 4. The van der Waals surface area contributed by atoms with Crippen LogP contribution < -0.4 is 4.74 Å². The van der Waals surface area contributed by atoms with Crippen molar-refractivity contribution in [3.8, 4) is 6.01 Å². The molecule has 0 radical (unpaired) electrons. The highest BCUT2D eigenvalue weighted by Gasteiger charge is 2.49. The molecule has 4 heterocycles. The zero-order chi connectivity index (χ0) is 24.1. The molecule has 0 aromatic carbocycles. The second-order valence-electron chi connectivity index (χ2n) is 7.80. The van der Waals surface area contributed by atoms with Crippen LogP contribution in [0.25, 0.3) is 0 Å². The summed E-state index contributed by atoms with van der Waals surface area (Å²) in [7, 11) is 0. The molecule has 178 valence electrons. The minimum absolute atomic E-state index is 0.00892. The van der Waals surface area contributed by atoms with Gasteiger partial charge in [-0.3, -0.25) is 9.78 Å². The smallest absolute Gasteiger partial charge is 0.475 e. The van der Waals surface area contributed by atoms with E-state index in [1.165, 1.54) is 0 Å². The summed E-state index contributed by atoms with van der Waals surface area (Å²) in [5, 5.41) is 7.12. The molecular weight excluding hydrogens is 445 g/mol. The summed E-state index contributed by atoms with van der Waals surface area (Å²) in [4.78, 5) is 36.2. The molecule has 33 heavy (non-hydrogen) atoms. The molecule has 2 aliphatic rings. The molecule has 2 saturated heterocycles. The normalized spacial score (nSPS) is 22.1. The summed E-state index contributed by atoms with van der Waals surface area (Å²) in [5.74, 6) is -2.75. The third kappa shape index (κ3) is 6.15. The lowest BCUT2D eigenvalue weighted by atomic mass is 9.77. The number of ether oxygens (including phenoxy) is 2. The van der Waals surface area contributed by atoms with Crippen molar-refractivity contribution in [2.45, 2.75) is 32.0 Å². The van der Waals surface area contributed by atoms with Crippen molar-refractivity contribution >= 4 is 11.9 Å². The first-order valence-electron chi connectivity index (χ1n) is 10.1. The molecule has 4 rings (SSSR count). The van der Waals surface area contributed by atoms with Crippen molar-refractivity contribution in [1.82, 2.24) is 19.9 Å². The van der Waals surface area contributed by atoms with Crippen LogP contribution in [0.1, 0.15) is 28.9 Å². The van der Waals surface area contributed by atoms with E-state index in [1.807, 2.05) is 17.9 Å². The molecular formula is C21H23F3N4O5. The van der Waals surface area contributed by atoms with Crippen LogP contribution in [-0.2, 0) is 9.53 Å². The van der Waals surface area contributed by atoms with Gasteiger partial charge in [0.15, 0.2) is 0 Å². The lowest BCUT2D eigenvalue weighted by Crippen LogP contribution is -2.54. The fourth-order valence-electron chi connectivity index (χ4n) is 3.80. The zero-order valence-electron chi connectivity index (χ0n) is 17.8. The van der Waals surface area contributed by atoms with Gasteiger partial charge in [-0.15, -0.1) is 0 Å². The number of amides is 1. The highest BCUT2D eigenvalue weighted by molar-refractivity contribution is 5.94. The largest absolute Gasteiger partial charge is 0.490 e. The van der Waals surface area contributed by atoms with Crippen molar-refractivity contribution in [2.75, 3.05) is 26.3 Å². The Bertz CT molecular complexity index is 976. The Morgan fingerprint density at radius 3 is 2.73 bits per heavy atom. The predicted molar refractivity (Wildman–Crippen MR) is 108 cm³/mol. The maximum Gasteiger partial charge on any atom is 0.490 e. The van der Waals surface area contributed by atoms with Gasteiger partial charge in [-0.1, -0.05) is 0 Å². The van der Waals surface area contributed by atoms with Gasteiger partial charge in [-0.2, -0.15) is 13.2 Å². The lowest BCUT2D eigenvalue weighted by molar-refractivity contribution is -0.192. The van der Waals surface area contributed by atoms with E-state index in [4.69, 9.17) is 19.4 Å². The lowest BCUT2D eigenvalue weighted by Gasteiger charge is -2.43. The molecule has 9 nitrogen and oxygen atoms in total. The van der Waals surface area contributed by atoms with Crippen molar-refractivity contribution in [3.05, 3.63) is 48.0 Å². The monoisotopic (exact) mass is 468 g/mol. The quantitative estimate of drug-likeness (QED) is 0.728. The van der Waals surface area contributed by atoms with E-state index >= 15 is 0 Å². The molecule has 2 atom stereocenters. The van der Waals surface area contributed by atoms with Crippen LogP contribution >= 0.6 is 0 Å². The van der Waals surface area contributed by atoms with E-state index in [0.29, 0.717) is 37.9 Å². The van der Waals surface area contributed by atoms with Crippen LogP contribution in [0.3, 0.4) is 0 Å². The molecule has 2 aromatic heterocycles. The third-order valence-electron chi connectivity index (χ3n) is 5.47. The van der Waals surface area contributed by atoms with Crippen molar-refractivity contribution in [2.24, 2.45) is 5.41 Å². The van der Waals surface area contributed by atoms with Crippen LogP contribution in [0.4, 0.5) is 13.2 Å². The van der Waals surface area contributed by atoms with E-state index in [2.05, 4.69) is 15.0 Å². The van der Waals surface area contributed by atoms with Crippen LogP contribution in [0, 0.1) is 12.3 Å². The van der Waals surface area contributed by atoms with Gasteiger partial charge in [-0.25, -0.2) is 14.8 Å². The highest BCUT2D eigenvalue weighted by atomic mass is 19.4. The second kappa shape index (κ2) is 10.1. The Hall–Kier alpha value is -3.28. The number of aliphatic carboxylic acids is 1. The molecule has 0 bridgehead atoms. The third-order valence-corrected chi connectivity index (χ3v) is 5.47. The Kier molecular flexibility index (Phi) is 7.46. The SMILES string of the molecule is Cc1ccnc(OC[C@@]23CCO[C@@H]2CCN(C(=O)c2cccnc2)C3)n1.O=C(O)C(F)(F)F. The number of pyridine rings is 1. The number of aromatic nitrogens is 3. The number of nitrogens with zero attached hydrogens (tertiary/aromatic N) is 4. The number of carboxylic acid groups (broad SMARTS) is 1. The minimum Gasteiger partial charge on any atom is -0.475 e. The number of hydrogen-bond donors (Lipinski definition) is 1. The van der Waals surface area contributed by atoms with Crippen LogP contribution in [0.15, 0.2) is 36.8 Å². The Morgan fingerprint density at radius 2 is 2.09 bits per heavy atom. The van der Waals surface area contributed by atoms with E-state index in [9.17, 15) is 18.0 Å². The number of piperidine rings is 1. The van der Waals surface area contributed by atoms with Crippen molar-refractivity contribution in [3.63, 3.8) is 0 Å². The number of carbonyl (C=O) groups excluding carboxylic acids is 1. The zero-order valence-corrected chi connectivity index (χ0v) is 17.8. The van der Waals surface area contributed by atoms with Gasteiger partial charge in [-0.05, 0) is 38.0 Å². The standard InChI is InChI=1S/C19H22N4O3.C2HF3O2/c1-14-4-8-21-18(22-14)26-13-19-6-10-25-16(19)5-9-23(12-19)17(24)15-3-2-7-20-11-15;3-2(4,5)1(6)7/h2-4,7-8,11,16H,5-6,9-10,12-13H2,1H3;(H,6,7)/t16-,19+;/m1./s1. The first-order valence-corrected chi connectivity index (χ1v) is 10.1. The molecule has 0 spiro atoms. The summed E-state index contributed by atoms with van der Waals surface area (Å²) in [6, 6.07) is 5.80. The van der Waals surface area contributed by atoms with E-state index in [1.54, 1.807) is 30.7 Å². The summed E-state index contributed by atoms with van der Waals surface area (Å²) in [5.41, 5.74) is 1.26. The summed E-state index contributed by atoms with van der Waals surface area (Å²) in [6.45, 7) is 4.33.